The van der Waals surface area contributed by atoms with Crippen molar-refractivity contribution in [2.45, 2.75) is 58.4 Å². The summed E-state index contributed by atoms with van der Waals surface area (Å²) in [5, 5.41) is 0. The number of likely N-dealkylation sites (tertiary alicyclic amines) is 1. The summed E-state index contributed by atoms with van der Waals surface area (Å²) in [6.45, 7) is 9.80. The first kappa shape index (κ1) is 14.0. The predicted octanol–water partition coefficient (Wildman–Crippen LogP) is 2.98. The van der Waals surface area contributed by atoms with Crippen molar-refractivity contribution in [3.8, 4) is 0 Å². The van der Waals surface area contributed by atoms with Gasteiger partial charge < -0.3 is 9.80 Å². The number of unbranched alkanes of at least 4 members (excludes halogenated alkanes) is 2. The molecule has 0 saturated carbocycles. The first-order valence-corrected chi connectivity index (χ1v) is 7.20. The fourth-order valence-corrected chi connectivity index (χ4v) is 2.70. The van der Waals surface area contributed by atoms with Gasteiger partial charge in [0.1, 0.15) is 0 Å². The van der Waals surface area contributed by atoms with Crippen LogP contribution in [0.15, 0.2) is 0 Å². The average Bonchev–Trinajstić information content (AvgIpc) is 2.30. The van der Waals surface area contributed by atoms with E-state index in [2.05, 4.69) is 30.7 Å². The molecule has 96 valence electrons. The van der Waals surface area contributed by atoms with Crippen molar-refractivity contribution in [3.05, 3.63) is 0 Å². The van der Waals surface area contributed by atoms with Gasteiger partial charge in [0, 0.05) is 6.04 Å². The second kappa shape index (κ2) is 8.08. The van der Waals surface area contributed by atoms with Crippen LogP contribution in [-0.4, -0.2) is 49.1 Å². The van der Waals surface area contributed by atoms with Crippen LogP contribution in [0.2, 0.25) is 0 Å². The van der Waals surface area contributed by atoms with Crippen LogP contribution in [0.1, 0.15) is 52.4 Å². The van der Waals surface area contributed by atoms with Crippen LogP contribution in [0.5, 0.6) is 0 Å². The van der Waals surface area contributed by atoms with Crippen LogP contribution in [0.4, 0.5) is 0 Å². The van der Waals surface area contributed by atoms with Crippen molar-refractivity contribution < 1.29 is 0 Å². The highest BCUT2D eigenvalue weighted by Crippen LogP contribution is 2.16. The molecule has 2 heteroatoms. The molecule has 0 N–H and O–H groups in total. The van der Waals surface area contributed by atoms with Gasteiger partial charge in [0.25, 0.3) is 0 Å². The van der Waals surface area contributed by atoms with Gasteiger partial charge in [-0.05, 0) is 58.9 Å². The van der Waals surface area contributed by atoms with Gasteiger partial charge in [-0.25, -0.2) is 0 Å². The third-order valence-corrected chi connectivity index (χ3v) is 3.83. The molecule has 1 rings (SSSR count). The minimum Gasteiger partial charge on any atom is -0.303 e. The van der Waals surface area contributed by atoms with E-state index in [1.165, 1.54) is 64.7 Å². The zero-order valence-electron chi connectivity index (χ0n) is 11.5. The van der Waals surface area contributed by atoms with Gasteiger partial charge in [0.15, 0.2) is 0 Å². The molecule has 0 amide bonds. The summed E-state index contributed by atoms with van der Waals surface area (Å²) in [4.78, 5) is 5.22. The zero-order valence-corrected chi connectivity index (χ0v) is 11.5. The molecule has 0 spiro atoms. The topological polar surface area (TPSA) is 6.48 Å². The van der Waals surface area contributed by atoms with Crippen LogP contribution in [0.3, 0.4) is 0 Å². The summed E-state index contributed by atoms with van der Waals surface area (Å²) in [5.41, 5.74) is 0. The third-order valence-electron chi connectivity index (χ3n) is 3.83. The molecule has 0 aromatic rings. The molecular formula is C14H30N2. The summed E-state index contributed by atoms with van der Waals surface area (Å²) in [5.74, 6) is 0. The van der Waals surface area contributed by atoms with Crippen LogP contribution in [-0.2, 0) is 0 Å². The Labute approximate surface area is 102 Å². The van der Waals surface area contributed by atoms with E-state index in [-0.39, 0.29) is 0 Å². The standard InChI is InChI=1S/C14H30N2/c1-4-6-7-11-16-12-8-14(9-13-16)15(3)10-5-2/h14H,4-13H2,1-3H3. The van der Waals surface area contributed by atoms with Gasteiger partial charge in [0.2, 0.25) is 0 Å². The smallest absolute Gasteiger partial charge is 0.0117 e. The Balaban J connectivity index is 2.13. The summed E-state index contributed by atoms with van der Waals surface area (Å²) >= 11 is 0. The van der Waals surface area contributed by atoms with E-state index < -0.39 is 0 Å². The summed E-state index contributed by atoms with van der Waals surface area (Å²) in [7, 11) is 2.29. The molecule has 1 saturated heterocycles. The van der Waals surface area contributed by atoms with Crippen molar-refractivity contribution in [2.24, 2.45) is 0 Å². The molecule has 0 aromatic heterocycles. The third kappa shape index (κ3) is 4.84. The summed E-state index contributed by atoms with van der Waals surface area (Å²) in [6.07, 6.45) is 8.18. The van der Waals surface area contributed by atoms with E-state index in [0.717, 1.165) is 6.04 Å². The molecule has 1 aliphatic rings. The normalized spacial score (nSPS) is 19.5. The van der Waals surface area contributed by atoms with Crippen LogP contribution in [0.25, 0.3) is 0 Å². The van der Waals surface area contributed by atoms with Gasteiger partial charge in [-0.15, -0.1) is 0 Å². The largest absolute Gasteiger partial charge is 0.303 e. The van der Waals surface area contributed by atoms with Crippen molar-refractivity contribution in [1.29, 1.82) is 0 Å². The second-order valence-electron chi connectivity index (χ2n) is 5.26. The molecule has 0 unspecified atom stereocenters. The van der Waals surface area contributed by atoms with Gasteiger partial charge in [0.05, 0.1) is 0 Å². The van der Waals surface area contributed by atoms with Crippen LogP contribution >= 0.6 is 0 Å². The Morgan fingerprint density at radius 1 is 1.06 bits per heavy atom. The van der Waals surface area contributed by atoms with Crippen LogP contribution in [0, 0.1) is 0 Å². The molecule has 0 aliphatic carbocycles. The molecule has 0 radical (unpaired) electrons. The number of nitrogens with zero attached hydrogens (tertiary/aromatic N) is 2. The highest BCUT2D eigenvalue weighted by molar-refractivity contribution is 4.77. The van der Waals surface area contributed by atoms with E-state index >= 15 is 0 Å². The highest BCUT2D eigenvalue weighted by Gasteiger charge is 2.21. The Hall–Kier alpha value is -0.0800. The number of hydrogen-bond donors (Lipinski definition) is 0. The fraction of sp³-hybridized carbons (Fsp3) is 1.00. The van der Waals surface area contributed by atoms with Gasteiger partial charge >= 0.3 is 0 Å². The minimum atomic E-state index is 0.849. The van der Waals surface area contributed by atoms with Crippen molar-refractivity contribution in [2.75, 3.05) is 33.2 Å². The van der Waals surface area contributed by atoms with E-state index in [1.807, 2.05) is 0 Å². The van der Waals surface area contributed by atoms with E-state index in [4.69, 9.17) is 0 Å². The second-order valence-corrected chi connectivity index (χ2v) is 5.26. The van der Waals surface area contributed by atoms with Gasteiger partial charge in [-0.2, -0.15) is 0 Å². The van der Waals surface area contributed by atoms with Crippen molar-refractivity contribution in [3.63, 3.8) is 0 Å². The summed E-state index contributed by atoms with van der Waals surface area (Å²) in [6, 6.07) is 0.849. The van der Waals surface area contributed by atoms with Crippen molar-refractivity contribution in [1.82, 2.24) is 9.80 Å². The molecule has 0 aromatic carbocycles. The SMILES string of the molecule is CCCCCN1CCC(N(C)CCC)CC1. The number of piperidine rings is 1. The Bertz CT molecular complexity index is 162. The Morgan fingerprint density at radius 2 is 1.75 bits per heavy atom. The summed E-state index contributed by atoms with van der Waals surface area (Å²) < 4.78 is 0. The van der Waals surface area contributed by atoms with Gasteiger partial charge in [-0.1, -0.05) is 26.7 Å². The lowest BCUT2D eigenvalue weighted by atomic mass is 10.0. The fourth-order valence-electron chi connectivity index (χ4n) is 2.70. The molecule has 16 heavy (non-hydrogen) atoms. The molecule has 0 atom stereocenters. The molecule has 2 nitrogen and oxygen atoms in total. The zero-order chi connectivity index (χ0) is 11.8. The molecule has 1 fully saturated rings. The van der Waals surface area contributed by atoms with E-state index in [0.29, 0.717) is 0 Å². The maximum absolute atomic E-state index is 2.66. The highest BCUT2D eigenvalue weighted by atomic mass is 15.2. The van der Waals surface area contributed by atoms with Gasteiger partial charge in [-0.3, -0.25) is 0 Å². The lowest BCUT2D eigenvalue weighted by molar-refractivity contribution is 0.126. The monoisotopic (exact) mass is 226 g/mol. The molecule has 0 bridgehead atoms. The quantitative estimate of drug-likeness (QED) is 0.616. The lowest BCUT2D eigenvalue weighted by Crippen LogP contribution is -2.43. The first-order chi connectivity index (χ1) is 7.77. The lowest BCUT2D eigenvalue weighted by Gasteiger charge is -2.36. The average molecular weight is 226 g/mol. The molecule has 1 aliphatic heterocycles. The van der Waals surface area contributed by atoms with E-state index in [1.54, 1.807) is 0 Å². The van der Waals surface area contributed by atoms with Crippen molar-refractivity contribution >= 4 is 0 Å². The molecular weight excluding hydrogens is 196 g/mol. The Kier molecular flexibility index (Phi) is 7.06. The Morgan fingerprint density at radius 3 is 2.31 bits per heavy atom. The maximum atomic E-state index is 2.66. The molecule has 1 heterocycles. The predicted molar refractivity (Wildman–Crippen MR) is 71.9 cm³/mol. The first-order valence-electron chi connectivity index (χ1n) is 7.20. The van der Waals surface area contributed by atoms with Crippen LogP contribution < -0.4 is 0 Å². The number of hydrogen-bond acceptors (Lipinski definition) is 2. The van der Waals surface area contributed by atoms with E-state index in [9.17, 15) is 0 Å². The maximum Gasteiger partial charge on any atom is 0.0117 e. The number of rotatable bonds is 7. The minimum absolute atomic E-state index is 0.849.